The summed E-state index contributed by atoms with van der Waals surface area (Å²) in [5, 5.41) is 6.25. The van der Waals surface area contributed by atoms with E-state index in [4.69, 9.17) is 31.1 Å². The van der Waals surface area contributed by atoms with Gasteiger partial charge in [-0.25, -0.2) is 0 Å². The Bertz CT molecular complexity index is 87.2. The Morgan fingerprint density at radius 2 is 1.50 bits per heavy atom. The van der Waals surface area contributed by atoms with Gasteiger partial charge >= 0.3 is 37.7 Å². The zero-order valence-corrected chi connectivity index (χ0v) is 6.92. The average molecular weight is 163 g/mol. The van der Waals surface area contributed by atoms with E-state index in [1.165, 1.54) is 0 Å². The van der Waals surface area contributed by atoms with Crippen LogP contribution in [0.1, 0.15) is 0 Å². The van der Waals surface area contributed by atoms with E-state index in [1.54, 1.807) is 0 Å². The molecule has 2 N–H and O–H groups in total. The van der Waals surface area contributed by atoms with E-state index in [0.29, 0.717) is 0 Å². The summed E-state index contributed by atoms with van der Waals surface area (Å²) in [4.78, 5) is 22.9. The summed E-state index contributed by atoms with van der Waals surface area (Å²) in [5.74, 6) is 0. The van der Waals surface area contributed by atoms with Gasteiger partial charge in [-0.2, -0.15) is 0 Å². The van der Waals surface area contributed by atoms with E-state index in [0.717, 1.165) is 0 Å². The molecule has 0 saturated heterocycles. The Hall–Kier alpha value is 0.860. The van der Waals surface area contributed by atoms with Crippen LogP contribution < -0.4 is 4.89 Å². The molecule has 0 aliphatic rings. The van der Waals surface area contributed by atoms with Crippen LogP contribution in [0.15, 0.2) is 0 Å². The van der Waals surface area contributed by atoms with Gasteiger partial charge in [0.25, 0.3) is 7.82 Å². The maximum atomic E-state index is 8.77. The summed E-state index contributed by atoms with van der Waals surface area (Å²) >= 11 is 0. The first kappa shape index (κ1) is 15.9. The van der Waals surface area contributed by atoms with E-state index in [1.807, 2.05) is 0 Å². The molecule has 5 nitrogen and oxygen atoms in total. The Morgan fingerprint density at radius 1 is 1.50 bits per heavy atom. The van der Waals surface area contributed by atoms with Crippen LogP contribution in [0.3, 0.4) is 0 Å². The molecule has 0 bridgehead atoms. The molecule has 0 amide bonds. The Morgan fingerprint density at radius 3 is 1.50 bits per heavy atom. The van der Waals surface area contributed by atoms with E-state index in [9.17, 15) is 0 Å². The second-order valence-corrected chi connectivity index (χ2v) is 1.47. The van der Waals surface area contributed by atoms with Crippen molar-refractivity contribution in [3.63, 3.8) is 0 Å². The molecule has 8 heavy (non-hydrogen) atoms. The molecule has 0 spiro atoms. The van der Waals surface area contributed by atoms with Crippen molar-refractivity contribution in [2.45, 2.75) is 0 Å². The van der Waals surface area contributed by atoms with E-state index in [-0.39, 0.29) is 37.7 Å². The minimum Gasteiger partial charge on any atom is -0.756 e. The third-order valence-electron chi connectivity index (χ3n) is 0. The Kier molecular flexibility index (Phi) is 15.7. The van der Waals surface area contributed by atoms with Gasteiger partial charge in [-0.1, -0.05) is 0 Å². The van der Waals surface area contributed by atoms with Gasteiger partial charge in [0.05, 0.1) is 0 Å². The van der Waals surface area contributed by atoms with Crippen LogP contribution in [0.25, 0.3) is 0 Å². The van der Waals surface area contributed by atoms with Crippen LogP contribution >= 0.6 is 7.82 Å². The largest absolute Gasteiger partial charge is 2.00 e. The zero-order valence-electron chi connectivity index (χ0n) is 3.81. The molecule has 7 heteroatoms. The summed E-state index contributed by atoms with van der Waals surface area (Å²) in [7, 11) is -4.89. The second-order valence-electron chi connectivity index (χ2n) is 0.491. The smallest absolute Gasteiger partial charge is 0.756 e. The topological polar surface area (TPSA) is 104 Å². The molecule has 0 aromatic rings. The predicted molar refractivity (Wildman–Crippen MR) is 22.8 cm³/mol. The monoisotopic (exact) mass is 163 g/mol. The standard InChI is InChI=1S/CN.Ca.H3O4P/c1-2;;1-5(2,3)4/h;;(H3,1,2,3,4)/q-1;+2;/p-1. The van der Waals surface area contributed by atoms with E-state index in [2.05, 4.69) is 0 Å². The summed E-state index contributed by atoms with van der Waals surface area (Å²) in [5.41, 5.74) is 0. The van der Waals surface area contributed by atoms with Crippen LogP contribution in [-0.4, -0.2) is 47.5 Å². The molecule has 0 radical (unpaired) electrons. The van der Waals surface area contributed by atoms with Crippen molar-refractivity contribution < 1.29 is 19.2 Å². The SMILES string of the molecule is O=P([O-])(O)O.[C-]#N.[Ca+2]. The molecule has 0 aliphatic heterocycles. The second kappa shape index (κ2) is 7.86. The maximum absolute atomic E-state index is 8.77. The predicted octanol–water partition coefficient (Wildman–Crippen LogP) is -1.85. The van der Waals surface area contributed by atoms with Gasteiger partial charge in [0.1, 0.15) is 0 Å². The van der Waals surface area contributed by atoms with Crippen molar-refractivity contribution in [3.05, 3.63) is 6.57 Å². The molecule has 0 aromatic carbocycles. The number of hydrogen-bond donors (Lipinski definition) is 2. The van der Waals surface area contributed by atoms with Gasteiger partial charge in [-0.15, -0.1) is 0 Å². The fourth-order valence-corrected chi connectivity index (χ4v) is 0. The average Bonchev–Trinajstić information content (AvgIpc) is 1.36. The summed E-state index contributed by atoms with van der Waals surface area (Å²) in [6.45, 7) is 4.75. The van der Waals surface area contributed by atoms with E-state index < -0.39 is 7.82 Å². The normalized spacial score (nSPS) is 7.62. The third-order valence-corrected chi connectivity index (χ3v) is 0. The van der Waals surface area contributed by atoms with Crippen LogP contribution in [0.4, 0.5) is 0 Å². The van der Waals surface area contributed by atoms with Crippen LogP contribution in [0.5, 0.6) is 0 Å². The maximum Gasteiger partial charge on any atom is 2.00 e. The molecule has 42 valence electrons. The first-order valence-corrected chi connectivity index (χ1v) is 2.52. The molecule has 0 unspecified atom stereocenters. The van der Waals surface area contributed by atoms with Gasteiger partial charge < -0.3 is 26.5 Å². The van der Waals surface area contributed by atoms with Crippen molar-refractivity contribution in [2.24, 2.45) is 0 Å². The van der Waals surface area contributed by atoms with Crippen molar-refractivity contribution in [1.82, 2.24) is 0 Å². The van der Waals surface area contributed by atoms with Crippen molar-refractivity contribution in [3.8, 4) is 0 Å². The van der Waals surface area contributed by atoms with Crippen LogP contribution in [-0.2, 0) is 4.57 Å². The van der Waals surface area contributed by atoms with Crippen LogP contribution in [0.2, 0.25) is 0 Å². The Labute approximate surface area is 76.2 Å². The molecule has 0 saturated carbocycles. The van der Waals surface area contributed by atoms with Crippen molar-refractivity contribution in [1.29, 1.82) is 5.26 Å². The molecule has 0 fully saturated rings. The number of rotatable bonds is 0. The van der Waals surface area contributed by atoms with Gasteiger partial charge in [-0.05, 0) is 0 Å². The zero-order chi connectivity index (χ0) is 6.50. The molecule has 0 heterocycles. The molecule has 0 aromatic heterocycles. The van der Waals surface area contributed by atoms with Gasteiger partial charge in [0, 0.05) is 0 Å². The number of nitrogens with zero attached hydrogens (tertiary/aromatic N) is 1. The minimum absolute atomic E-state index is 0. The quantitative estimate of drug-likeness (QED) is 0.248. The molecular formula is CH2CaNO4P. The van der Waals surface area contributed by atoms with Gasteiger partial charge in [-0.3, -0.25) is 4.57 Å². The summed E-state index contributed by atoms with van der Waals surface area (Å²) in [6.07, 6.45) is 0. The number of hydrogen-bond acceptors (Lipinski definition) is 3. The number of phosphoric acid groups is 1. The van der Waals surface area contributed by atoms with Crippen LogP contribution in [0, 0.1) is 11.8 Å². The van der Waals surface area contributed by atoms with Gasteiger partial charge in [0.15, 0.2) is 0 Å². The van der Waals surface area contributed by atoms with Crippen molar-refractivity contribution >= 4 is 45.6 Å². The molecular weight excluding hydrogens is 161 g/mol. The minimum atomic E-state index is -4.89. The molecule has 0 rings (SSSR count). The van der Waals surface area contributed by atoms with E-state index >= 15 is 0 Å². The summed E-state index contributed by atoms with van der Waals surface area (Å²) < 4.78 is 8.77. The molecule has 0 atom stereocenters. The van der Waals surface area contributed by atoms with Crippen molar-refractivity contribution in [2.75, 3.05) is 0 Å². The first-order valence-electron chi connectivity index (χ1n) is 0.989. The third kappa shape index (κ3) is 319. The fraction of sp³-hybridized carbons (Fsp3) is 0. The Balaban J connectivity index is -0.0000000750. The van der Waals surface area contributed by atoms with Gasteiger partial charge in [0.2, 0.25) is 0 Å². The summed E-state index contributed by atoms with van der Waals surface area (Å²) in [6, 6.07) is 0. The first-order chi connectivity index (χ1) is 3.00. The fourth-order valence-electron chi connectivity index (χ4n) is 0. The molecule has 0 aliphatic carbocycles.